The zero-order valence-electron chi connectivity index (χ0n) is 11.0. The molecule has 0 atom stereocenters. The second-order valence-electron chi connectivity index (χ2n) is 4.88. The molecule has 3 rings (SSSR count). The lowest BCUT2D eigenvalue weighted by Crippen LogP contribution is -2.25. The first-order chi connectivity index (χ1) is 9.25. The standard InChI is InChI=1S/C16H17FN2/c1-19(14-6-3-5-13(17)10-14)16-7-2-4-12-11-18-9-8-15(12)16/h2-7,10,18H,8-9,11H2,1H3. The van der Waals surface area contributed by atoms with Crippen LogP contribution in [0.3, 0.4) is 0 Å². The van der Waals surface area contributed by atoms with E-state index in [2.05, 4.69) is 28.4 Å². The molecule has 1 heterocycles. The summed E-state index contributed by atoms with van der Waals surface area (Å²) in [5.41, 5.74) is 4.76. The monoisotopic (exact) mass is 256 g/mol. The molecule has 19 heavy (non-hydrogen) atoms. The van der Waals surface area contributed by atoms with Crippen molar-refractivity contribution in [3.05, 3.63) is 59.4 Å². The highest BCUT2D eigenvalue weighted by Gasteiger charge is 2.15. The predicted molar refractivity (Wildman–Crippen MR) is 76.3 cm³/mol. The predicted octanol–water partition coefficient (Wildman–Crippen LogP) is 3.24. The van der Waals surface area contributed by atoms with Crippen molar-refractivity contribution < 1.29 is 4.39 Å². The van der Waals surface area contributed by atoms with Crippen LogP contribution in [0.1, 0.15) is 11.1 Å². The number of nitrogens with one attached hydrogen (secondary N) is 1. The van der Waals surface area contributed by atoms with Gasteiger partial charge in [0.25, 0.3) is 0 Å². The fourth-order valence-electron chi connectivity index (χ4n) is 2.65. The van der Waals surface area contributed by atoms with E-state index in [0.717, 1.165) is 25.2 Å². The van der Waals surface area contributed by atoms with E-state index in [1.165, 1.54) is 22.9 Å². The molecule has 2 aromatic rings. The molecular weight excluding hydrogens is 239 g/mol. The summed E-state index contributed by atoms with van der Waals surface area (Å²) in [4.78, 5) is 2.06. The molecule has 1 aliphatic rings. The van der Waals surface area contributed by atoms with E-state index in [1.807, 2.05) is 13.1 Å². The van der Waals surface area contributed by atoms with Crippen LogP contribution in [0.4, 0.5) is 15.8 Å². The quantitative estimate of drug-likeness (QED) is 0.887. The number of benzene rings is 2. The van der Waals surface area contributed by atoms with Crippen LogP contribution in [0.25, 0.3) is 0 Å². The Morgan fingerprint density at radius 2 is 2.00 bits per heavy atom. The first kappa shape index (κ1) is 12.2. The van der Waals surface area contributed by atoms with E-state index in [9.17, 15) is 4.39 Å². The Morgan fingerprint density at radius 1 is 1.16 bits per heavy atom. The third-order valence-corrected chi connectivity index (χ3v) is 3.67. The van der Waals surface area contributed by atoms with Crippen molar-refractivity contribution in [1.82, 2.24) is 5.32 Å². The van der Waals surface area contributed by atoms with Gasteiger partial charge in [0.2, 0.25) is 0 Å². The topological polar surface area (TPSA) is 15.3 Å². The Hall–Kier alpha value is -1.87. The molecule has 0 unspecified atom stereocenters. The van der Waals surface area contributed by atoms with Crippen LogP contribution >= 0.6 is 0 Å². The lowest BCUT2D eigenvalue weighted by Gasteiger charge is -2.27. The summed E-state index contributed by atoms with van der Waals surface area (Å²) in [7, 11) is 1.99. The van der Waals surface area contributed by atoms with Gasteiger partial charge in [-0.25, -0.2) is 4.39 Å². The largest absolute Gasteiger partial charge is 0.344 e. The van der Waals surface area contributed by atoms with Crippen molar-refractivity contribution in [2.45, 2.75) is 13.0 Å². The summed E-state index contributed by atoms with van der Waals surface area (Å²) in [6.07, 6.45) is 1.02. The van der Waals surface area contributed by atoms with E-state index < -0.39 is 0 Å². The van der Waals surface area contributed by atoms with Crippen molar-refractivity contribution in [3.63, 3.8) is 0 Å². The van der Waals surface area contributed by atoms with Crippen molar-refractivity contribution in [3.8, 4) is 0 Å². The summed E-state index contributed by atoms with van der Waals surface area (Å²) in [6.45, 7) is 1.92. The van der Waals surface area contributed by atoms with Crippen LogP contribution in [0.5, 0.6) is 0 Å². The summed E-state index contributed by atoms with van der Waals surface area (Å²) >= 11 is 0. The summed E-state index contributed by atoms with van der Waals surface area (Å²) in [6, 6.07) is 13.1. The van der Waals surface area contributed by atoms with Gasteiger partial charge in [-0.15, -0.1) is 0 Å². The zero-order chi connectivity index (χ0) is 13.2. The molecule has 98 valence electrons. The van der Waals surface area contributed by atoms with Gasteiger partial charge in [0.1, 0.15) is 5.82 Å². The lowest BCUT2D eigenvalue weighted by atomic mass is 9.98. The summed E-state index contributed by atoms with van der Waals surface area (Å²) in [5.74, 6) is -0.198. The minimum atomic E-state index is -0.198. The first-order valence-corrected chi connectivity index (χ1v) is 6.56. The SMILES string of the molecule is CN(c1cccc(F)c1)c1cccc2c1CCNC2. The highest BCUT2D eigenvalue weighted by Crippen LogP contribution is 2.30. The van der Waals surface area contributed by atoms with Gasteiger partial charge in [0.15, 0.2) is 0 Å². The molecule has 0 spiro atoms. The Morgan fingerprint density at radius 3 is 2.84 bits per heavy atom. The van der Waals surface area contributed by atoms with Crippen molar-refractivity contribution in [2.24, 2.45) is 0 Å². The number of fused-ring (bicyclic) bond motifs is 1. The van der Waals surface area contributed by atoms with Gasteiger partial charge < -0.3 is 10.2 Å². The van der Waals surface area contributed by atoms with Gasteiger partial charge in [-0.3, -0.25) is 0 Å². The summed E-state index contributed by atoms with van der Waals surface area (Å²) in [5, 5.41) is 3.38. The molecule has 2 aromatic carbocycles. The van der Waals surface area contributed by atoms with Crippen LogP contribution in [0.2, 0.25) is 0 Å². The second-order valence-corrected chi connectivity index (χ2v) is 4.88. The van der Waals surface area contributed by atoms with Crippen molar-refractivity contribution >= 4 is 11.4 Å². The molecule has 0 aliphatic carbocycles. The van der Waals surface area contributed by atoms with E-state index in [4.69, 9.17) is 0 Å². The smallest absolute Gasteiger partial charge is 0.125 e. The Balaban J connectivity index is 2.02. The van der Waals surface area contributed by atoms with Gasteiger partial charge in [-0.1, -0.05) is 18.2 Å². The summed E-state index contributed by atoms with van der Waals surface area (Å²) < 4.78 is 13.3. The minimum Gasteiger partial charge on any atom is -0.344 e. The van der Waals surface area contributed by atoms with Gasteiger partial charge in [0.05, 0.1) is 0 Å². The molecule has 0 saturated heterocycles. The Labute approximate surface area is 112 Å². The van der Waals surface area contributed by atoms with Gasteiger partial charge in [-0.2, -0.15) is 0 Å². The van der Waals surface area contributed by atoms with Gasteiger partial charge in [0, 0.05) is 25.0 Å². The van der Waals surface area contributed by atoms with Crippen LogP contribution in [0, 0.1) is 5.82 Å². The maximum Gasteiger partial charge on any atom is 0.125 e. The Bertz CT molecular complexity index is 595. The van der Waals surface area contributed by atoms with Gasteiger partial charge >= 0.3 is 0 Å². The van der Waals surface area contributed by atoms with Gasteiger partial charge in [-0.05, 0) is 48.4 Å². The molecule has 0 amide bonds. The average molecular weight is 256 g/mol. The number of hydrogen-bond donors (Lipinski definition) is 1. The van der Waals surface area contributed by atoms with Crippen molar-refractivity contribution in [2.75, 3.05) is 18.5 Å². The maximum absolute atomic E-state index is 13.3. The first-order valence-electron chi connectivity index (χ1n) is 6.56. The molecule has 3 heteroatoms. The molecule has 1 aliphatic heterocycles. The lowest BCUT2D eigenvalue weighted by molar-refractivity contribution is 0.627. The van der Waals surface area contributed by atoms with Crippen LogP contribution in [-0.2, 0) is 13.0 Å². The zero-order valence-corrected chi connectivity index (χ0v) is 11.0. The molecule has 0 aromatic heterocycles. The molecule has 0 fully saturated rings. The number of anilines is 2. The van der Waals surface area contributed by atoms with E-state index in [1.54, 1.807) is 12.1 Å². The molecule has 0 saturated carbocycles. The number of rotatable bonds is 2. The van der Waals surface area contributed by atoms with E-state index in [-0.39, 0.29) is 5.82 Å². The molecule has 2 nitrogen and oxygen atoms in total. The van der Waals surface area contributed by atoms with E-state index >= 15 is 0 Å². The minimum absolute atomic E-state index is 0.198. The third kappa shape index (κ3) is 2.34. The molecule has 0 bridgehead atoms. The normalized spacial score (nSPS) is 14.0. The van der Waals surface area contributed by atoms with Crippen LogP contribution < -0.4 is 10.2 Å². The van der Waals surface area contributed by atoms with Crippen LogP contribution in [0.15, 0.2) is 42.5 Å². The van der Waals surface area contributed by atoms with Crippen LogP contribution in [-0.4, -0.2) is 13.6 Å². The Kier molecular flexibility index (Phi) is 3.22. The fourth-order valence-corrected chi connectivity index (χ4v) is 2.65. The van der Waals surface area contributed by atoms with E-state index in [0.29, 0.717) is 0 Å². The fraction of sp³-hybridized carbons (Fsp3) is 0.250. The number of nitrogens with zero attached hydrogens (tertiary/aromatic N) is 1. The molecule has 1 N–H and O–H groups in total. The molecular formula is C16H17FN2. The number of hydrogen-bond acceptors (Lipinski definition) is 2. The van der Waals surface area contributed by atoms with Crippen molar-refractivity contribution in [1.29, 1.82) is 0 Å². The maximum atomic E-state index is 13.3. The molecule has 0 radical (unpaired) electrons. The highest BCUT2D eigenvalue weighted by molar-refractivity contribution is 5.67. The second kappa shape index (κ2) is 5.02. The number of halogens is 1. The third-order valence-electron chi connectivity index (χ3n) is 3.67. The average Bonchev–Trinajstić information content (AvgIpc) is 2.46. The highest BCUT2D eigenvalue weighted by atomic mass is 19.1.